The Morgan fingerprint density at radius 3 is 1.03 bits per heavy atom. The van der Waals surface area contributed by atoms with Crippen LogP contribution < -0.4 is 0 Å². The first-order valence-electron chi connectivity index (χ1n) is 41.7. The number of para-hydroxylation sites is 2. The Bertz CT molecular complexity index is 8110. The van der Waals surface area contributed by atoms with E-state index in [2.05, 4.69) is 373 Å². The van der Waals surface area contributed by atoms with E-state index in [1.54, 1.807) is 0 Å². The predicted molar refractivity (Wildman–Crippen MR) is 499 cm³/mol. The van der Waals surface area contributed by atoms with Crippen LogP contribution in [-0.2, 0) is 28.1 Å². The number of hydrogen-bond acceptors (Lipinski definition) is 4. The van der Waals surface area contributed by atoms with Crippen LogP contribution in [0.5, 0.6) is 0 Å². The maximum Gasteiger partial charge on any atom is 0.235 e. The summed E-state index contributed by atoms with van der Waals surface area (Å²) in [4.78, 5) is 20.0. The van der Waals surface area contributed by atoms with Crippen LogP contribution in [0.4, 0.5) is 0 Å². The summed E-state index contributed by atoms with van der Waals surface area (Å²) in [5.41, 5.74) is 35.2. The van der Waals surface area contributed by atoms with Gasteiger partial charge in [-0.2, -0.15) is 0 Å². The fourth-order valence-corrected chi connectivity index (χ4v) is 22.1. The first-order chi connectivity index (χ1) is 57.9. The van der Waals surface area contributed by atoms with E-state index in [0.717, 1.165) is 61.8 Å². The van der Waals surface area contributed by atoms with Crippen molar-refractivity contribution >= 4 is 120 Å². The second-order valence-corrected chi connectivity index (χ2v) is 35.9. The van der Waals surface area contributed by atoms with Crippen LogP contribution in [0, 0.1) is 0 Å². The number of hydrogen-bond donors (Lipinski definition) is 0. The highest BCUT2D eigenvalue weighted by Crippen LogP contribution is 2.57. The van der Waals surface area contributed by atoms with Gasteiger partial charge in [0.15, 0.2) is 0 Å². The summed E-state index contributed by atoms with van der Waals surface area (Å²) < 4.78 is 2.36. The van der Waals surface area contributed by atoms with Crippen molar-refractivity contribution in [3.8, 4) is 84.1 Å². The molecule has 6 heteroatoms. The molecule has 0 bridgehead atoms. The lowest BCUT2D eigenvalue weighted by molar-refractivity contribution is 0.659. The van der Waals surface area contributed by atoms with Gasteiger partial charge in [-0.1, -0.05) is 316 Å². The Balaban J connectivity index is 0.000000113. The minimum Gasteiger partial charge on any atom is -0.278 e. The molecule has 3 heterocycles. The monoisotopic (exact) mass is 1540 g/mol. The van der Waals surface area contributed by atoms with Crippen molar-refractivity contribution in [1.82, 2.24) is 24.5 Å². The molecule has 0 radical (unpaired) electrons. The van der Waals surface area contributed by atoms with E-state index in [0.29, 0.717) is 5.95 Å². The van der Waals surface area contributed by atoms with Crippen molar-refractivity contribution in [2.45, 2.75) is 83.5 Å². The normalized spacial score (nSPS) is 14.7. The van der Waals surface area contributed by atoms with Crippen LogP contribution in [0.15, 0.2) is 328 Å². The quantitative estimate of drug-likeness (QED) is 0.131. The third-order valence-electron chi connectivity index (χ3n) is 27.9. The van der Waals surface area contributed by atoms with E-state index in [1.807, 2.05) is 24.3 Å². The van der Waals surface area contributed by atoms with Crippen LogP contribution >= 0.6 is 11.6 Å². The first-order valence-corrected chi connectivity index (χ1v) is 42.1. The summed E-state index contributed by atoms with van der Waals surface area (Å²) in [6.07, 6.45) is 1.02. The van der Waals surface area contributed by atoms with Crippen LogP contribution in [0.2, 0.25) is 5.28 Å². The molecule has 3 aromatic heterocycles. The third kappa shape index (κ3) is 10.0. The van der Waals surface area contributed by atoms with Gasteiger partial charge in [0.05, 0.1) is 33.5 Å². The van der Waals surface area contributed by atoms with Crippen LogP contribution in [0.3, 0.4) is 0 Å². The topological polar surface area (TPSA) is 56.5 Å². The minimum absolute atomic E-state index is 0.0332. The molecule has 5 aliphatic rings. The Morgan fingerprint density at radius 1 is 0.227 bits per heavy atom. The van der Waals surface area contributed by atoms with Crippen LogP contribution in [0.1, 0.15) is 111 Å². The highest BCUT2D eigenvalue weighted by molar-refractivity contribution is 6.30. The maximum atomic E-state index is 6.20. The molecule has 26 rings (SSSR count). The van der Waals surface area contributed by atoms with E-state index >= 15 is 0 Å². The summed E-state index contributed by atoms with van der Waals surface area (Å²) in [6, 6.07) is 121. The number of halogens is 1. The van der Waals surface area contributed by atoms with Crippen molar-refractivity contribution in [3.63, 3.8) is 0 Å². The van der Waals surface area contributed by atoms with Gasteiger partial charge >= 0.3 is 0 Å². The molecule has 18 aromatic carbocycles. The van der Waals surface area contributed by atoms with E-state index in [-0.39, 0.29) is 26.9 Å². The summed E-state index contributed by atoms with van der Waals surface area (Å²) in [7, 11) is 0. The second-order valence-electron chi connectivity index (χ2n) is 35.6. The summed E-state index contributed by atoms with van der Waals surface area (Å²) in [6.45, 7) is 18.7. The highest BCUT2D eigenvalue weighted by atomic mass is 35.5. The zero-order valence-electron chi connectivity index (χ0n) is 67.5. The lowest BCUT2D eigenvalue weighted by atomic mass is 9.81. The van der Waals surface area contributed by atoms with Crippen LogP contribution in [-0.4, -0.2) is 24.5 Å². The average Bonchev–Trinajstić information content (AvgIpc) is 1.56. The van der Waals surface area contributed by atoms with Gasteiger partial charge in [0, 0.05) is 54.3 Å². The number of rotatable bonds is 3. The van der Waals surface area contributed by atoms with Gasteiger partial charge in [-0.05, 0) is 261 Å². The fraction of sp³-hybridized carbons (Fsp3) is 0.115. The molecule has 5 aliphatic carbocycles. The molecule has 0 spiro atoms. The van der Waals surface area contributed by atoms with Gasteiger partial charge in [0.2, 0.25) is 11.2 Å². The lowest BCUT2D eigenvalue weighted by Crippen LogP contribution is -2.15. The van der Waals surface area contributed by atoms with Gasteiger partial charge in [-0.25, -0.2) is 19.9 Å². The maximum absolute atomic E-state index is 6.20. The zero-order chi connectivity index (χ0) is 79.9. The van der Waals surface area contributed by atoms with Gasteiger partial charge in [-0.3, -0.25) is 4.57 Å². The summed E-state index contributed by atoms with van der Waals surface area (Å²) in [5, 5.41) is 20.4. The van der Waals surface area contributed by atoms with Crippen molar-refractivity contribution < 1.29 is 0 Å². The molecule has 0 N–H and O–H groups in total. The summed E-state index contributed by atoms with van der Waals surface area (Å²) in [5.74, 6) is 0.680. The number of fused-ring (bicyclic) bond motifs is 32. The molecule has 0 unspecified atom stereocenters. The molecule has 0 atom stereocenters. The van der Waals surface area contributed by atoms with Crippen molar-refractivity contribution in [2.75, 3.05) is 0 Å². The molecular formula is C113H80ClN5. The number of benzene rings is 18. The largest absolute Gasteiger partial charge is 0.278 e. The van der Waals surface area contributed by atoms with E-state index in [4.69, 9.17) is 21.6 Å². The second kappa shape index (κ2) is 25.2. The number of nitrogens with zero attached hydrogens (tertiary/aromatic N) is 5. The van der Waals surface area contributed by atoms with Crippen molar-refractivity contribution in [1.29, 1.82) is 0 Å². The zero-order valence-corrected chi connectivity index (χ0v) is 68.3. The standard InChI is InChI=1S/C56H39N3.C34H24.C23H17ClN2/c1-55(2)46-22-12-9-19-37(46)39-26-25-32(27-48(39)55)53-40-21-11-14-24-50(40)57-54(58-53)59-51-30-42-36-18-8-6-16-34(36)33-15-5-7-17-35(33)41(42)28-44(51)45-29-43-38-20-10-13-23-47(38)56(3,4)49(43)31-52(45)59;1-34(2)32-14-8-7-13-26(32)31-19-28-21(17-33(31)34)15-20-16-29-24-11-5-3-9-22(24)23-10-4-6-12-25(23)30(29)18-27(20)28;1-23(2)18-9-5-3-7-15(18)16-12-11-14(13-19(16)23)21-17-8-4-6-10-20(17)25-22(24)26-21/h5-31H,1-4H3;3-14,16-19H,15H2,1-2H3;3-13H,1-2H3. The molecule has 0 saturated carbocycles. The summed E-state index contributed by atoms with van der Waals surface area (Å²) >= 11 is 6.20. The van der Waals surface area contributed by atoms with Crippen molar-refractivity contribution in [2.24, 2.45) is 0 Å². The predicted octanol–water partition coefficient (Wildman–Crippen LogP) is 29.7. The molecule has 21 aromatic rings. The Hall–Kier alpha value is -13.7. The molecular weight excluding hydrogens is 1460 g/mol. The van der Waals surface area contributed by atoms with Gasteiger partial charge in [0.25, 0.3) is 0 Å². The molecule has 5 nitrogen and oxygen atoms in total. The molecule has 0 fully saturated rings. The highest BCUT2D eigenvalue weighted by Gasteiger charge is 2.41. The number of aromatic nitrogens is 5. The minimum atomic E-state index is -0.164. The molecule has 119 heavy (non-hydrogen) atoms. The van der Waals surface area contributed by atoms with Gasteiger partial charge in [0.1, 0.15) is 0 Å². The molecule has 0 aliphatic heterocycles. The fourth-order valence-electron chi connectivity index (χ4n) is 22.0. The van der Waals surface area contributed by atoms with Crippen molar-refractivity contribution in [3.05, 3.63) is 389 Å². The SMILES string of the molecule is CC1(C)c2ccccc2-c2cc3c(cc21)Cc1cc2c4ccccc4c4ccccc4c2cc1-3.CC1(C)c2ccccc2-c2ccc(-c3nc(-n4c5cc6c(cc5c5cc7c8ccccc8c8ccccc8c7cc54)-c4ccccc4C6(C)C)nc4ccccc34)cc21.CC1(C)c2ccccc2-c2ccc(-c3nc(Cl)nc4ccccc34)cc21. The van der Waals surface area contributed by atoms with Gasteiger partial charge < -0.3 is 0 Å². The smallest absolute Gasteiger partial charge is 0.235 e. The third-order valence-corrected chi connectivity index (χ3v) is 28.0. The average molecular weight is 1540 g/mol. The Morgan fingerprint density at radius 2 is 0.546 bits per heavy atom. The van der Waals surface area contributed by atoms with Gasteiger partial charge in [-0.15, -0.1) is 0 Å². The molecule has 564 valence electrons. The van der Waals surface area contributed by atoms with E-state index in [1.165, 1.54) is 187 Å². The first kappa shape index (κ1) is 69.6. The van der Waals surface area contributed by atoms with E-state index < -0.39 is 0 Å². The lowest BCUT2D eigenvalue weighted by Gasteiger charge is -2.22. The van der Waals surface area contributed by atoms with Crippen LogP contribution in [0.25, 0.3) is 192 Å². The molecule has 0 saturated heterocycles. The Kier molecular flexibility index (Phi) is 14.7. The Labute approximate surface area is 695 Å². The van der Waals surface area contributed by atoms with E-state index in [9.17, 15) is 0 Å². The molecule has 0 amide bonds.